The summed E-state index contributed by atoms with van der Waals surface area (Å²) in [5.74, 6) is 1.73. The fraction of sp³-hybridized carbons (Fsp3) is 0.136. The van der Waals surface area contributed by atoms with E-state index in [1.165, 1.54) is 11.6 Å². The molecular formula is C22H20O3. The first-order valence-electron chi connectivity index (χ1n) is 8.17. The second kappa shape index (κ2) is 7.67. The molecule has 0 aliphatic rings. The van der Waals surface area contributed by atoms with E-state index >= 15 is 0 Å². The number of hydrogen-bond donors (Lipinski definition) is 0. The highest BCUT2D eigenvalue weighted by molar-refractivity contribution is 6.04. The summed E-state index contributed by atoms with van der Waals surface area (Å²) in [5, 5.41) is 0. The van der Waals surface area contributed by atoms with Crippen LogP contribution < -0.4 is 4.74 Å². The zero-order valence-electron chi connectivity index (χ0n) is 14.4. The van der Waals surface area contributed by atoms with Crippen LogP contribution >= 0.6 is 0 Å². The van der Waals surface area contributed by atoms with Crippen molar-refractivity contribution < 1.29 is 13.9 Å². The van der Waals surface area contributed by atoms with Gasteiger partial charge in [0.2, 0.25) is 5.78 Å². The van der Waals surface area contributed by atoms with E-state index in [1.807, 2.05) is 31.2 Å². The van der Waals surface area contributed by atoms with Crippen LogP contribution in [0.5, 0.6) is 5.75 Å². The van der Waals surface area contributed by atoms with Crippen LogP contribution in [0.1, 0.15) is 33.0 Å². The largest absolute Gasteiger partial charge is 0.489 e. The first-order valence-corrected chi connectivity index (χ1v) is 8.17. The topological polar surface area (TPSA) is 39.4 Å². The van der Waals surface area contributed by atoms with Crippen molar-refractivity contribution in [2.75, 3.05) is 0 Å². The van der Waals surface area contributed by atoms with Crippen LogP contribution in [0.25, 0.3) is 6.08 Å². The first kappa shape index (κ1) is 16.8. The molecule has 0 saturated carbocycles. The quantitative estimate of drug-likeness (QED) is 0.450. The van der Waals surface area contributed by atoms with Gasteiger partial charge >= 0.3 is 0 Å². The molecule has 0 aliphatic carbocycles. The van der Waals surface area contributed by atoms with Crippen molar-refractivity contribution in [3.63, 3.8) is 0 Å². The molecule has 0 unspecified atom stereocenters. The van der Waals surface area contributed by atoms with E-state index in [4.69, 9.17) is 9.15 Å². The van der Waals surface area contributed by atoms with Crippen LogP contribution in [0, 0.1) is 13.8 Å². The normalized spacial score (nSPS) is 11.0. The molecule has 126 valence electrons. The van der Waals surface area contributed by atoms with E-state index in [0.717, 1.165) is 22.6 Å². The van der Waals surface area contributed by atoms with E-state index in [0.29, 0.717) is 12.4 Å². The fourth-order valence-corrected chi connectivity index (χ4v) is 2.35. The Morgan fingerprint density at radius 2 is 1.68 bits per heavy atom. The van der Waals surface area contributed by atoms with Gasteiger partial charge in [0.25, 0.3) is 0 Å². The molecule has 3 heteroatoms. The molecule has 0 amide bonds. The second-order valence-electron chi connectivity index (χ2n) is 5.95. The number of ether oxygens (including phenoxy) is 1. The summed E-state index contributed by atoms with van der Waals surface area (Å²) in [6.07, 6.45) is 3.28. The summed E-state index contributed by atoms with van der Waals surface area (Å²) in [7, 11) is 0. The molecule has 0 saturated heterocycles. The number of aryl methyl sites for hydroxylation is 2. The van der Waals surface area contributed by atoms with Gasteiger partial charge < -0.3 is 9.15 Å². The van der Waals surface area contributed by atoms with Gasteiger partial charge in [-0.25, -0.2) is 0 Å². The fourth-order valence-electron chi connectivity index (χ4n) is 2.35. The van der Waals surface area contributed by atoms with Crippen LogP contribution in [0.2, 0.25) is 0 Å². The average molecular weight is 332 g/mol. The lowest BCUT2D eigenvalue weighted by Gasteiger charge is -2.06. The Labute approximate surface area is 147 Å². The SMILES string of the molecule is Cc1ccc(COc2ccc(/C=C/C(=O)c3ccc(C)o3)cc2)cc1. The van der Waals surface area contributed by atoms with Gasteiger partial charge in [0, 0.05) is 0 Å². The van der Waals surface area contributed by atoms with Gasteiger partial charge in [0.15, 0.2) is 5.76 Å². The van der Waals surface area contributed by atoms with Crippen molar-refractivity contribution in [2.24, 2.45) is 0 Å². The molecular weight excluding hydrogens is 312 g/mol. The van der Waals surface area contributed by atoms with Crippen LogP contribution in [0.4, 0.5) is 0 Å². The Kier molecular flexibility index (Phi) is 5.14. The Bertz CT molecular complexity index is 868. The van der Waals surface area contributed by atoms with Crippen molar-refractivity contribution >= 4 is 11.9 Å². The number of ketones is 1. The molecule has 0 atom stereocenters. The number of carbonyl (C=O) groups excluding carboxylic acids is 1. The van der Waals surface area contributed by atoms with E-state index < -0.39 is 0 Å². The summed E-state index contributed by atoms with van der Waals surface area (Å²) in [6, 6.07) is 19.4. The van der Waals surface area contributed by atoms with Crippen LogP contribution in [-0.2, 0) is 6.61 Å². The van der Waals surface area contributed by atoms with Crippen LogP contribution in [0.3, 0.4) is 0 Å². The maximum atomic E-state index is 12.0. The van der Waals surface area contributed by atoms with Gasteiger partial charge in [-0.05, 0) is 55.3 Å². The van der Waals surface area contributed by atoms with Crippen molar-refractivity contribution in [1.29, 1.82) is 0 Å². The van der Waals surface area contributed by atoms with Crippen molar-refractivity contribution in [2.45, 2.75) is 20.5 Å². The average Bonchev–Trinajstić information content (AvgIpc) is 3.07. The number of benzene rings is 2. The van der Waals surface area contributed by atoms with Gasteiger partial charge in [0.1, 0.15) is 18.1 Å². The molecule has 0 radical (unpaired) electrons. The van der Waals surface area contributed by atoms with E-state index in [1.54, 1.807) is 18.2 Å². The minimum atomic E-state index is -0.146. The van der Waals surface area contributed by atoms with E-state index in [2.05, 4.69) is 31.2 Å². The number of furan rings is 1. The molecule has 0 fully saturated rings. The molecule has 0 bridgehead atoms. The summed E-state index contributed by atoms with van der Waals surface area (Å²) in [5.41, 5.74) is 3.30. The first-order chi connectivity index (χ1) is 12.1. The zero-order valence-corrected chi connectivity index (χ0v) is 14.4. The molecule has 3 aromatic rings. The predicted molar refractivity (Wildman–Crippen MR) is 98.8 cm³/mol. The lowest BCUT2D eigenvalue weighted by atomic mass is 10.1. The van der Waals surface area contributed by atoms with Gasteiger partial charge in [-0.3, -0.25) is 4.79 Å². The highest BCUT2D eigenvalue weighted by Gasteiger charge is 2.05. The smallest absolute Gasteiger partial charge is 0.221 e. The molecule has 0 N–H and O–H groups in total. The summed E-state index contributed by atoms with van der Waals surface area (Å²) in [6.45, 7) is 4.41. The van der Waals surface area contributed by atoms with Crippen molar-refractivity contribution in [3.8, 4) is 5.75 Å². The Morgan fingerprint density at radius 3 is 2.32 bits per heavy atom. The minimum absolute atomic E-state index is 0.146. The minimum Gasteiger partial charge on any atom is -0.489 e. The third-order valence-electron chi connectivity index (χ3n) is 3.82. The third-order valence-corrected chi connectivity index (χ3v) is 3.82. The van der Waals surface area contributed by atoms with E-state index in [9.17, 15) is 4.79 Å². The van der Waals surface area contributed by atoms with Crippen molar-refractivity contribution in [3.05, 3.63) is 95.0 Å². The van der Waals surface area contributed by atoms with Crippen LogP contribution in [-0.4, -0.2) is 5.78 Å². The molecule has 1 aromatic heterocycles. The standard InChI is InChI=1S/C22H20O3/c1-16-3-6-19(7-4-16)15-24-20-11-8-18(9-12-20)10-13-21(23)22-14-5-17(2)25-22/h3-14H,15H2,1-2H3/b13-10+. The molecule has 25 heavy (non-hydrogen) atoms. The molecule has 1 heterocycles. The highest BCUT2D eigenvalue weighted by atomic mass is 16.5. The number of rotatable bonds is 6. The maximum Gasteiger partial charge on any atom is 0.221 e. The summed E-state index contributed by atoms with van der Waals surface area (Å²) >= 11 is 0. The molecule has 3 nitrogen and oxygen atoms in total. The van der Waals surface area contributed by atoms with Crippen molar-refractivity contribution in [1.82, 2.24) is 0 Å². The second-order valence-corrected chi connectivity index (χ2v) is 5.95. The van der Waals surface area contributed by atoms with Gasteiger partial charge in [0.05, 0.1) is 0 Å². The van der Waals surface area contributed by atoms with Gasteiger partial charge in [-0.1, -0.05) is 48.0 Å². The Hall–Kier alpha value is -3.07. The monoisotopic (exact) mass is 332 g/mol. The molecule has 2 aromatic carbocycles. The molecule has 0 spiro atoms. The Morgan fingerprint density at radius 1 is 0.960 bits per heavy atom. The summed E-state index contributed by atoms with van der Waals surface area (Å²) in [4.78, 5) is 12.0. The number of carbonyl (C=O) groups is 1. The van der Waals surface area contributed by atoms with E-state index in [-0.39, 0.29) is 5.78 Å². The number of hydrogen-bond acceptors (Lipinski definition) is 3. The Balaban J connectivity index is 1.57. The highest BCUT2D eigenvalue weighted by Crippen LogP contribution is 2.16. The predicted octanol–water partition coefficient (Wildman–Crippen LogP) is 5.37. The number of allylic oxidation sites excluding steroid dienone is 1. The summed E-state index contributed by atoms with van der Waals surface area (Å²) < 4.78 is 11.1. The lowest BCUT2D eigenvalue weighted by molar-refractivity contribution is 0.102. The maximum absolute atomic E-state index is 12.0. The van der Waals surface area contributed by atoms with Gasteiger partial charge in [-0.15, -0.1) is 0 Å². The molecule has 0 aliphatic heterocycles. The lowest BCUT2D eigenvalue weighted by Crippen LogP contribution is -1.95. The zero-order chi connectivity index (χ0) is 17.6. The van der Waals surface area contributed by atoms with Gasteiger partial charge in [-0.2, -0.15) is 0 Å². The van der Waals surface area contributed by atoms with Crippen LogP contribution in [0.15, 0.2) is 71.2 Å². The third kappa shape index (κ3) is 4.70. The molecule has 3 rings (SSSR count).